The van der Waals surface area contributed by atoms with Gasteiger partial charge >= 0.3 is 0 Å². The van der Waals surface area contributed by atoms with E-state index in [0.29, 0.717) is 12.2 Å². The third kappa shape index (κ3) is 4.61. The van der Waals surface area contributed by atoms with Gasteiger partial charge in [0.1, 0.15) is 17.6 Å². The molecule has 9 heteroatoms. The Morgan fingerprint density at radius 3 is 2.41 bits per heavy atom. The van der Waals surface area contributed by atoms with E-state index >= 15 is 0 Å². The fourth-order valence-corrected chi connectivity index (χ4v) is 4.01. The number of anilines is 1. The molecule has 0 fully saturated rings. The van der Waals surface area contributed by atoms with Gasteiger partial charge in [0.15, 0.2) is 0 Å². The first kappa shape index (κ1) is 19.2. The number of carbonyl (C=O) groups is 1. The molecule has 142 valence electrons. The maximum absolute atomic E-state index is 12.7. The number of sulfonamides is 1. The average molecular weight is 405 g/mol. The van der Waals surface area contributed by atoms with Gasteiger partial charge in [-0.2, -0.15) is 8.75 Å². The molecule has 1 heterocycles. The Bertz CT molecular complexity index is 1060. The molecule has 7 nitrogen and oxygen atoms in total. The first-order chi connectivity index (χ1) is 12.7. The summed E-state index contributed by atoms with van der Waals surface area (Å²) in [6.45, 7) is 2.03. The number of fused-ring (bicyclic) bond motifs is 1. The minimum atomic E-state index is -3.58. The maximum atomic E-state index is 12.7. The standard InChI is InChI=1S/C18H20N4O3S2/c1-13-4-7-15(8-5-13)22(27(3,24)25)12-18(23)21(2)11-14-6-9-16-17(10-14)20-26-19-16/h4-10H,11-12H2,1-3H3. The summed E-state index contributed by atoms with van der Waals surface area (Å²) >= 11 is 1.14. The van der Waals surface area contributed by atoms with Crippen LogP contribution in [0.25, 0.3) is 11.0 Å². The Morgan fingerprint density at radius 2 is 1.74 bits per heavy atom. The van der Waals surface area contributed by atoms with Crippen molar-refractivity contribution in [3.63, 3.8) is 0 Å². The van der Waals surface area contributed by atoms with Crippen molar-refractivity contribution in [1.82, 2.24) is 13.6 Å². The van der Waals surface area contributed by atoms with Gasteiger partial charge in [0.05, 0.1) is 23.7 Å². The lowest BCUT2D eigenvalue weighted by atomic mass is 10.2. The number of amides is 1. The highest BCUT2D eigenvalue weighted by atomic mass is 32.2. The van der Waals surface area contributed by atoms with Crippen molar-refractivity contribution < 1.29 is 13.2 Å². The van der Waals surface area contributed by atoms with E-state index in [2.05, 4.69) is 8.75 Å². The molecule has 1 aromatic heterocycles. The molecule has 0 aliphatic rings. The second-order valence-corrected chi connectivity index (χ2v) is 8.88. The summed E-state index contributed by atoms with van der Waals surface area (Å²) in [7, 11) is -1.93. The number of aromatic nitrogens is 2. The summed E-state index contributed by atoms with van der Waals surface area (Å²) in [6.07, 6.45) is 1.10. The van der Waals surface area contributed by atoms with Crippen molar-refractivity contribution in [2.24, 2.45) is 0 Å². The van der Waals surface area contributed by atoms with Gasteiger partial charge in [0.2, 0.25) is 15.9 Å². The van der Waals surface area contributed by atoms with Crippen molar-refractivity contribution in [2.75, 3.05) is 24.2 Å². The van der Waals surface area contributed by atoms with E-state index in [1.54, 1.807) is 19.2 Å². The molecule has 0 saturated carbocycles. The molecule has 0 spiro atoms. The van der Waals surface area contributed by atoms with E-state index in [4.69, 9.17) is 0 Å². The third-order valence-electron chi connectivity index (χ3n) is 4.16. The van der Waals surface area contributed by atoms with E-state index in [1.807, 2.05) is 37.3 Å². The highest BCUT2D eigenvalue weighted by Gasteiger charge is 2.22. The van der Waals surface area contributed by atoms with Crippen LogP contribution in [0.4, 0.5) is 5.69 Å². The Labute approximate surface area is 162 Å². The van der Waals surface area contributed by atoms with Gasteiger partial charge in [-0.05, 0) is 36.8 Å². The number of carbonyl (C=O) groups excluding carboxylic acids is 1. The van der Waals surface area contributed by atoms with Gasteiger partial charge in [0, 0.05) is 13.6 Å². The van der Waals surface area contributed by atoms with Crippen molar-refractivity contribution in [3.05, 3.63) is 53.6 Å². The van der Waals surface area contributed by atoms with E-state index < -0.39 is 10.0 Å². The van der Waals surface area contributed by atoms with Crippen LogP contribution in [0.15, 0.2) is 42.5 Å². The minimum absolute atomic E-state index is 0.251. The zero-order chi connectivity index (χ0) is 19.6. The van der Waals surface area contributed by atoms with Crippen LogP contribution < -0.4 is 4.31 Å². The topological polar surface area (TPSA) is 83.5 Å². The van der Waals surface area contributed by atoms with Gasteiger partial charge in [0.25, 0.3) is 0 Å². The van der Waals surface area contributed by atoms with Crippen LogP contribution in [0.3, 0.4) is 0 Å². The van der Waals surface area contributed by atoms with Gasteiger partial charge in [-0.3, -0.25) is 9.10 Å². The SMILES string of the molecule is Cc1ccc(N(CC(=O)N(C)Cc2ccc3nsnc3c2)S(C)(=O)=O)cc1. The Kier molecular flexibility index (Phi) is 5.43. The maximum Gasteiger partial charge on any atom is 0.243 e. The summed E-state index contributed by atoms with van der Waals surface area (Å²) in [4.78, 5) is 14.2. The first-order valence-corrected chi connectivity index (χ1v) is 10.8. The number of aryl methyl sites for hydroxylation is 1. The monoisotopic (exact) mass is 404 g/mol. The zero-order valence-corrected chi connectivity index (χ0v) is 16.9. The highest BCUT2D eigenvalue weighted by molar-refractivity contribution is 7.92. The predicted molar refractivity (Wildman–Crippen MR) is 107 cm³/mol. The van der Waals surface area contributed by atoms with Gasteiger partial charge in [-0.25, -0.2) is 8.42 Å². The van der Waals surface area contributed by atoms with Crippen LogP contribution in [0.2, 0.25) is 0 Å². The lowest BCUT2D eigenvalue weighted by Crippen LogP contribution is -2.41. The summed E-state index contributed by atoms with van der Waals surface area (Å²) in [5.74, 6) is -0.294. The summed E-state index contributed by atoms with van der Waals surface area (Å²) < 4.78 is 33.9. The second kappa shape index (κ2) is 7.61. The fraction of sp³-hybridized carbons (Fsp3) is 0.278. The molecule has 3 aromatic rings. The molecular weight excluding hydrogens is 384 g/mol. The fourth-order valence-electron chi connectivity index (χ4n) is 2.64. The number of nitrogens with zero attached hydrogens (tertiary/aromatic N) is 4. The van der Waals surface area contributed by atoms with Crippen LogP contribution in [-0.2, 0) is 21.4 Å². The van der Waals surface area contributed by atoms with E-state index in [9.17, 15) is 13.2 Å². The molecule has 2 aromatic carbocycles. The average Bonchev–Trinajstić information content (AvgIpc) is 3.07. The van der Waals surface area contributed by atoms with Gasteiger partial charge in [-0.15, -0.1) is 0 Å². The quantitative estimate of drug-likeness (QED) is 0.630. The van der Waals surface area contributed by atoms with Gasteiger partial charge in [-0.1, -0.05) is 23.8 Å². The van der Waals surface area contributed by atoms with Gasteiger partial charge < -0.3 is 4.90 Å². The Hall–Kier alpha value is -2.52. The molecule has 27 heavy (non-hydrogen) atoms. The minimum Gasteiger partial charge on any atom is -0.340 e. The molecule has 0 aliphatic carbocycles. The number of hydrogen-bond acceptors (Lipinski definition) is 6. The van der Waals surface area contributed by atoms with Crippen LogP contribution in [-0.4, -0.2) is 47.8 Å². The molecule has 3 rings (SSSR count). The molecule has 0 bridgehead atoms. The molecule has 1 amide bonds. The van der Waals surface area contributed by atoms with Crippen LogP contribution >= 0.6 is 11.7 Å². The lowest BCUT2D eigenvalue weighted by molar-refractivity contribution is -0.128. The largest absolute Gasteiger partial charge is 0.340 e. The smallest absolute Gasteiger partial charge is 0.243 e. The third-order valence-corrected chi connectivity index (χ3v) is 5.86. The second-order valence-electron chi connectivity index (χ2n) is 6.44. The Morgan fingerprint density at radius 1 is 1.07 bits per heavy atom. The number of hydrogen-bond donors (Lipinski definition) is 0. The normalized spacial score (nSPS) is 11.5. The number of benzene rings is 2. The molecular formula is C18H20N4O3S2. The van der Waals surface area contributed by atoms with E-state index in [1.165, 1.54) is 4.90 Å². The van der Waals surface area contributed by atoms with E-state index in [0.717, 1.165) is 44.4 Å². The highest BCUT2D eigenvalue weighted by Crippen LogP contribution is 2.19. The summed E-state index contributed by atoms with van der Waals surface area (Å²) in [5, 5.41) is 0. The van der Waals surface area contributed by atoms with Crippen molar-refractivity contribution in [2.45, 2.75) is 13.5 Å². The van der Waals surface area contributed by atoms with Crippen molar-refractivity contribution >= 4 is 44.4 Å². The molecule has 0 atom stereocenters. The van der Waals surface area contributed by atoms with Crippen LogP contribution in [0.1, 0.15) is 11.1 Å². The lowest BCUT2D eigenvalue weighted by Gasteiger charge is -2.25. The molecule has 0 aliphatic heterocycles. The molecule has 0 saturated heterocycles. The zero-order valence-electron chi connectivity index (χ0n) is 15.3. The summed E-state index contributed by atoms with van der Waals surface area (Å²) in [5.41, 5.74) is 4.01. The van der Waals surface area contributed by atoms with Crippen LogP contribution in [0.5, 0.6) is 0 Å². The van der Waals surface area contributed by atoms with Crippen molar-refractivity contribution in [1.29, 1.82) is 0 Å². The van der Waals surface area contributed by atoms with Crippen molar-refractivity contribution in [3.8, 4) is 0 Å². The molecule has 0 unspecified atom stereocenters. The number of rotatable bonds is 6. The summed E-state index contributed by atoms with van der Waals surface area (Å²) in [6, 6.07) is 12.7. The first-order valence-electron chi connectivity index (χ1n) is 8.23. The predicted octanol–water partition coefficient (Wildman–Crippen LogP) is 2.42. The molecule has 0 radical (unpaired) electrons. The number of likely N-dealkylation sites (N-methyl/N-ethyl adjacent to an activating group) is 1. The molecule has 0 N–H and O–H groups in total. The Balaban J connectivity index is 1.75. The van der Waals surface area contributed by atoms with Crippen LogP contribution in [0, 0.1) is 6.92 Å². The van der Waals surface area contributed by atoms with E-state index in [-0.39, 0.29) is 12.5 Å².